The molecule has 0 bridgehead atoms. The van der Waals surface area contributed by atoms with Crippen molar-refractivity contribution in [1.29, 1.82) is 0 Å². The first-order valence-electron chi connectivity index (χ1n) is 5.50. The van der Waals surface area contributed by atoms with Gasteiger partial charge in [0.2, 0.25) is 0 Å². The highest BCUT2D eigenvalue weighted by Gasteiger charge is 2.19. The molecule has 1 heterocycles. The monoisotopic (exact) mass is 340 g/mol. The Bertz CT molecular complexity index is 653. The zero-order valence-electron chi connectivity index (χ0n) is 10.1. The number of hydrogen-bond donors (Lipinski definition) is 1. The number of aromatic nitrogens is 3. The van der Waals surface area contributed by atoms with Crippen LogP contribution in [0.25, 0.3) is 0 Å². The van der Waals surface area contributed by atoms with Gasteiger partial charge in [0.25, 0.3) is 4.73 Å². The van der Waals surface area contributed by atoms with E-state index in [2.05, 4.69) is 26.0 Å². The minimum atomic E-state index is -0.896. The molecule has 2 aromatic rings. The molecule has 0 saturated carbocycles. The smallest absolute Gasteiger partial charge is 0.481 e. The van der Waals surface area contributed by atoms with Gasteiger partial charge in [-0.2, -0.15) is 4.68 Å². The van der Waals surface area contributed by atoms with Crippen molar-refractivity contribution in [3.8, 4) is 0 Å². The van der Waals surface area contributed by atoms with Crippen LogP contribution in [0.3, 0.4) is 0 Å². The Morgan fingerprint density at radius 3 is 2.45 bits per heavy atom. The van der Waals surface area contributed by atoms with Crippen LogP contribution in [0.2, 0.25) is 0 Å². The van der Waals surface area contributed by atoms with Crippen LogP contribution in [0.1, 0.15) is 11.1 Å². The second-order valence-electron chi connectivity index (χ2n) is 3.98. The topological polar surface area (TPSA) is 111 Å². The average molecular weight is 341 g/mol. The van der Waals surface area contributed by atoms with Crippen molar-refractivity contribution < 1.29 is 14.8 Å². The van der Waals surface area contributed by atoms with Gasteiger partial charge in [-0.25, -0.2) is 0 Å². The molecule has 9 heteroatoms. The Hall–Kier alpha value is -2.29. The molecule has 0 atom stereocenters. The standard InChI is InChI=1S/C11H9BrN4O4/c12-10-13-11(16(19)20)14-15(10)6-8-3-1-7(2-4-8)5-9(17)18/h1-4H,5-6H2,(H,17,18). The number of carboxylic acid groups (broad SMARTS) is 1. The van der Waals surface area contributed by atoms with E-state index in [4.69, 9.17) is 5.11 Å². The Kier molecular flexibility index (Phi) is 4.08. The van der Waals surface area contributed by atoms with Gasteiger partial charge in [0.15, 0.2) is 0 Å². The van der Waals surface area contributed by atoms with E-state index >= 15 is 0 Å². The number of aliphatic carboxylic acids is 1. The van der Waals surface area contributed by atoms with Gasteiger partial charge >= 0.3 is 11.9 Å². The van der Waals surface area contributed by atoms with Crippen molar-refractivity contribution in [2.24, 2.45) is 0 Å². The maximum absolute atomic E-state index is 10.6. The van der Waals surface area contributed by atoms with Crippen molar-refractivity contribution in [2.45, 2.75) is 13.0 Å². The van der Waals surface area contributed by atoms with Crippen LogP contribution in [-0.2, 0) is 17.8 Å². The zero-order valence-corrected chi connectivity index (χ0v) is 11.6. The molecule has 0 radical (unpaired) electrons. The van der Waals surface area contributed by atoms with E-state index in [0.717, 1.165) is 5.56 Å². The lowest BCUT2D eigenvalue weighted by Crippen LogP contribution is -2.04. The van der Waals surface area contributed by atoms with Gasteiger partial charge in [0.05, 0.1) is 13.0 Å². The number of nitrogens with zero attached hydrogens (tertiary/aromatic N) is 4. The van der Waals surface area contributed by atoms with E-state index in [0.29, 0.717) is 12.1 Å². The molecule has 0 aliphatic heterocycles. The van der Waals surface area contributed by atoms with Crippen molar-refractivity contribution in [2.75, 3.05) is 0 Å². The molecule has 1 N–H and O–H groups in total. The van der Waals surface area contributed by atoms with Crippen LogP contribution in [0, 0.1) is 10.1 Å². The maximum atomic E-state index is 10.6. The number of carboxylic acids is 1. The van der Waals surface area contributed by atoms with Crippen molar-refractivity contribution >= 4 is 27.8 Å². The predicted octanol–water partition coefficient (Wildman–Crippen LogP) is 1.62. The highest BCUT2D eigenvalue weighted by Crippen LogP contribution is 2.14. The second-order valence-corrected chi connectivity index (χ2v) is 4.69. The number of halogens is 1. The molecule has 8 nitrogen and oxygen atoms in total. The third-order valence-corrected chi connectivity index (χ3v) is 3.08. The van der Waals surface area contributed by atoms with Gasteiger partial charge < -0.3 is 15.2 Å². The van der Waals surface area contributed by atoms with Crippen LogP contribution < -0.4 is 0 Å². The zero-order chi connectivity index (χ0) is 14.7. The Morgan fingerprint density at radius 2 is 1.95 bits per heavy atom. The lowest BCUT2D eigenvalue weighted by Gasteiger charge is -2.01. The van der Waals surface area contributed by atoms with Gasteiger partial charge in [-0.3, -0.25) is 4.79 Å². The van der Waals surface area contributed by atoms with Gasteiger partial charge in [-0.1, -0.05) is 24.3 Å². The van der Waals surface area contributed by atoms with E-state index < -0.39 is 16.8 Å². The molecule has 0 unspecified atom stereocenters. The number of rotatable bonds is 5. The van der Waals surface area contributed by atoms with E-state index in [9.17, 15) is 14.9 Å². The molecule has 104 valence electrons. The summed E-state index contributed by atoms with van der Waals surface area (Å²) in [5.74, 6) is -1.37. The summed E-state index contributed by atoms with van der Waals surface area (Å²) >= 11 is 3.10. The summed E-state index contributed by atoms with van der Waals surface area (Å²) in [6.45, 7) is 0.300. The largest absolute Gasteiger partial charge is 0.492 e. The summed E-state index contributed by atoms with van der Waals surface area (Å²) in [6.07, 6.45) is -0.0429. The van der Waals surface area contributed by atoms with Gasteiger partial charge in [-0.15, -0.1) is 0 Å². The molecular formula is C11H9BrN4O4. The highest BCUT2D eigenvalue weighted by molar-refractivity contribution is 9.10. The van der Waals surface area contributed by atoms with Crippen molar-refractivity contribution in [3.05, 3.63) is 50.2 Å². The summed E-state index contributed by atoms with van der Waals surface area (Å²) in [7, 11) is 0. The molecule has 0 amide bonds. The second kappa shape index (κ2) is 5.78. The summed E-state index contributed by atoms with van der Waals surface area (Å²) in [6, 6.07) is 6.89. The number of benzene rings is 1. The predicted molar refractivity (Wildman–Crippen MR) is 71.3 cm³/mol. The van der Waals surface area contributed by atoms with E-state index in [1.165, 1.54) is 4.68 Å². The van der Waals surface area contributed by atoms with Gasteiger partial charge in [-0.05, 0) is 21.0 Å². The van der Waals surface area contributed by atoms with Crippen LogP contribution >= 0.6 is 15.9 Å². The van der Waals surface area contributed by atoms with Crippen LogP contribution in [0.15, 0.2) is 29.0 Å². The molecule has 1 aromatic carbocycles. The van der Waals surface area contributed by atoms with Gasteiger partial charge in [0, 0.05) is 21.0 Å². The molecule has 0 fully saturated rings. The van der Waals surface area contributed by atoms with Crippen LogP contribution in [-0.4, -0.2) is 30.8 Å². The summed E-state index contributed by atoms with van der Waals surface area (Å²) in [4.78, 5) is 24.1. The number of carbonyl (C=O) groups is 1. The SMILES string of the molecule is O=C(O)Cc1ccc(Cn2nc([N+](=O)[O-])nc2Br)cc1. The molecule has 2 rings (SSSR count). The van der Waals surface area contributed by atoms with Crippen molar-refractivity contribution in [3.63, 3.8) is 0 Å². The first-order chi connectivity index (χ1) is 9.45. The summed E-state index contributed by atoms with van der Waals surface area (Å²) in [5, 5.41) is 23.0. The Morgan fingerprint density at radius 1 is 1.35 bits per heavy atom. The molecule has 0 aliphatic carbocycles. The Balaban J connectivity index is 2.13. The van der Waals surface area contributed by atoms with Crippen LogP contribution in [0.4, 0.5) is 5.95 Å². The molecule has 20 heavy (non-hydrogen) atoms. The average Bonchev–Trinajstić information content (AvgIpc) is 2.73. The highest BCUT2D eigenvalue weighted by atomic mass is 79.9. The van der Waals surface area contributed by atoms with E-state index in [-0.39, 0.29) is 11.2 Å². The third-order valence-electron chi connectivity index (χ3n) is 2.49. The quantitative estimate of drug-likeness (QED) is 0.653. The molecular weight excluding hydrogens is 332 g/mol. The normalized spacial score (nSPS) is 10.4. The fourth-order valence-corrected chi connectivity index (χ4v) is 1.96. The fraction of sp³-hybridized carbons (Fsp3) is 0.182. The number of hydrogen-bond acceptors (Lipinski definition) is 5. The fourth-order valence-electron chi connectivity index (χ4n) is 1.60. The first kappa shape index (κ1) is 14.1. The molecule has 0 aliphatic rings. The minimum absolute atomic E-state index is 0.0429. The number of nitro groups is 1. The molecule has 1 aromatic heterocycles. The van der Waals surface area contributed by atoms with E-state index in [1.54, 1.807) is 24.3 Å². The van der Waals surface area contributed by atoms with E-state index in [1.807, 2.05) is 0 Å². The summed E-state index contributed by atoms with van der Waals surface area (Å²) in [5.41, 5.74) is 1.52. The molecule has 0 saturated heterocycles. The summed E-state index contributed by atoms with van der Waals surface area (Å²) < 4.78 is 1.61. The van der Waals surface area contributed by atoms with Gasteiger partial charge in [0.1, 0.15) is 0 Å². The maximum Gasteiger partial charge on any atom is 0.492 e. The minimum Gasteiger partial charge on any atom is -0.481 e. The van der Waals surface area contributed by atoms with Crippen LogP contribution in [0.5, 0.6) is 0 Å². The molecule has 0 spiro atoms. The third kappa shape index (κ3) is 3.38. The first-order valence-corrected chi connectivity index (χ1v) is 6.29. The lowest BCUT2D eigenvalue weighted by molar-refractivity contribution is -0.394. The van der Waals surface area contributed by atoms with Crippen molar-refractivity contribution in [1.82, 2.24) is 14.8 Å². The Labute approximate surface area is 121 Å². The lowest BCUT2D eigenvalue weighted by atomic mass is 10.1.